The Morgan fingerprint density at radius 1 is 1.25 bits per heavy atom. The van der Waals surface area contributed by atoms with Crippen LogP contribution in [0.1, 0.15) is 23.6 Å². The number of aromatic nitrogens is 2. The number of aromatic amines is 1. The number of fused-ring (bicyclic) bond motifs is 2. The number of anilines is 1. The van der Waals surface area contributed by atoms with Crippen molar-refractivity contribution < 1.29 is 0 Å². The average molecular weight is 284 g/mol. The normalized spacial score (nSPS) is 17.4. The molecule has 0 amide bonds. The van der Waals surface area contributed by atoms with E-state index in [-0.39, 0.29) is 0 Å². The zero-order valence-electron chi connectivity index (χ0n) is 10.9. The second-order valence-electron chi connectivity index (χ2n) is 5.22. The Hall–Kier alpha value is -2.00. The number of nitrogens with one attached hydrogen (secondary N) is 2. The topological polar surface area (TPSA) is 40.7 Å². The zero-order chi connectivity index (χ0) is 13.5. The van der Waals surface area contributed by atoms with Crippen LogP contribution in [0.15, 0.2) is 42.6 Å². The van der Waals surface area contributed by atoms with Crippen LogP contribution >= 0.6 is 11.6 Å². The highest BCUT2D eigenvalue weighted by atomic mass is 35.5. The van der Waals surface area contributed by atoms with E-state index >= 15 is 0 Å². The smallest absolute Gasteiger partial charge is 0.0671 e. The van der Waals surface area contributed by atoms with E-state index in [1.807, 2.05) is 24.4 Å². The quantitative estimate of drug-likeness (QED) is 0.735. The van der Waals surface area contributed by atoms with Gasteiger partial charge in [-0.15, -0.1) is 0 Å². The molecule has 1 aliphatic carbocycles. The number of rotatable bonds is 2. The maximum atomic E-state index is 6.06. The highest BCUT2D eigenvalue weighted by Gasteiger charge is 2.22. The zero-order valence-corrected chi connectivity index (χ0v) is 11.6. The Morgan fingerprint density at radius 2 is 2.20 bits per heavy atom. The maximum absolute atomic E-state index is 6.06. The van der Waals surface area contributed by atoms with Gasteiger partial charge in [0.25, 0.3) is 0 Å². The Labute approximate surface area is 122 Å². The van der Waals surface area contributed by atoms with Crippen molar-refractivity contribution in [3.05, 3.63) is 58.7 Å². The van der Waals surface area contributed by atoms with Crippen LogP contribution in [0, 0.1) is 0 Å². The molecule has 3 aromatic rings. The van der Waals surface area contributed by atoms with Gasteiger partial charge in [0.15, 0.2) is 0 Å². The minimum Gasteiger partial charge on any atom is -0.378 e. The molecule has 0 saturated heterocycles. The lowest BCUT2D eigenvalue weighted by Gasteiger charge is -2.16. The van der Waals surface area contributed by atoms with E-state index in [2.05, 4.69) is 33.7 Å². The molecule has 1 aliphatic rings. The molecular weight excluding hydrogens is 270 g/mol. The molecule has 2 aromatic carbocycles. The second-order valence-corrected chi connectivity index (χ2v) is 5.65. The van der Waals surface area contributed by atoms with Gasteiger partial charge in [-0.1, -0.05) is 23.7 Å². The molecule has 0 spiro atoms. The van der Waals surface area contributed by atoms with E-state index < -0.39 is 0 Å². The maximum Gasteiger partial charge on any atom is 0.0671 e. The molecule has 0 saturated carbocycles. The molecule has 4 rings (SSSR count). The first kappa shape index (κ1) is 11.8. The Morgan fingerprint density at radius 3 is 3.15 bits per heavy atom. The van der Waals surface area contributed by atoms with Gasteiger partial charge in [-0.2, -0.15) is 5.10 Å². The van der Waals surface area contributed by atoms with Crippen molar-refractivity contribution in [2.24, 2.45) is 0 Å². The summed E-state index contributed by atoms with van der Waals surface area (Å²) in [6, 6.07) is 12.7. The van der Waals surface area contributed by atoms with Crippen LogP contribution in [0.2, 0.25) is 5.02 Å². The van der Waals surface area contributed by atoms with Gasteiger partial charge in [-0.25, -0.2) is 0 Å². The summed E-state index contributed by atoms with van der Waals surface area (Å²) in [5.41, 5.74) is 4.90. The molecule has 0 bridgehead atoms. The van der Waals surface area contributed by atoms with Gasteiger partial charge >= 0.3 is 0 Å². The summed E-state index contributed by atoms with van der Waals surface area (Å²) in [5.74, 6) is 0. The number of benzene rings is 2. The molecule has 0 radical (unpaired) electrons. The van der Waals surface area contributed by atoms with Crippen LogP contribution in [0.3, 0.4) is 0 Å². The van der Waals surface area contributed by atoms with Crippen LogP contribution in [-0.2, 0) is 6.42 Å². The lowest BCUT2D eigenvalue weighted by molar-refractivity contribution is 0.763. The monoisotopic (exact) mass is 283 g/mol. The van der Waals surface area contributed by atoms with E-state index in [4.69, 9.17) is 11.6 Å². The molecule has 1 aromatic heterocycles. The van der Waals surface area contributed by atoms with Crippen LogP contribution in [0.5, 0.6) is 0 Å². The SMILES string of the molecule is Clc1ccc2c(c1)CCC2Nc1cccc2[nH]ncc12. The van der Waals surface area contributed by atoms with Gasteiger partial charge in [0.2, 0.25) is 0 Å². The first-order valence-electron chi connectivity index (χ1n) is 6.78. The van der Waals surface area contributed by atoms with Gasteiger partial charge in [0.1, 0.15) is 0 Å². The summed E-state index contributed by atoms with van der Waals surface area (Å²) in [7, 11) is 0. The standard InChI is InChI=1S/C16H14ClN3/c17-11-5-6-12-10(8-11)4-7-15(12)19-14-2-1-3-16-13(14)9-18-20-16/h1-3,5-6,8-9,15,19H,4,7H2,(H,18,20). The molecule has 2 N–H and O–H groups in total. The molecule has 4 heteroatoms. The fraction of sp³-hybridized carbons (Fsp3) is 0.188. The molecule has 100 valence electrons. The summed E-state index contributed by atoms with van der Waals surface area (Å²) in [6.07, 6.45) is 4.05. The van der Waals surface area contributed by atoms with Crippen molar-refractivity contribution in [2.45, 2.75) is 18.9 Å². The Kier molecular flexibility index (Phi) is 2.67. The molecule has 0 fully saturated rings. The number of aryl methyl sites for hydroxylation is 1. The van der Waals surface area contributed by atoms with Gasteiger partial charge in [-0.05, 0) is 48.2 Å². The lowest BCUT2D eigenvalue weighted by Crippen LogP contribution is -2.07. The van der Waals surface area contributed by atoms with Crippen molar-refractivity contribution in [3.63, 3.8) is 0 Å². The first-order chi connectivity index (χ1) is 9.81. The van der Waals surface area contributed by atoms with Gasteiger partial charge in [0.05, 0.1) is 17.8 Å². The number of nitrogens with zero attached hydrogens (tertiary/aromatic N) is 1. The molecule has 1 unspecified atom stereocenters. The van der Waals surface area contributed by atoms with E-state index in [0.29, 0.717) is 6.04 Å². The van der Waals surface area contributed by atoms with Gasteiger partial charge in [-0.3, -0.25) is 5.10 Å². The molecule has 1 atom stereocenters. The lowest BCUT2D eigenvalue weighted by atomic mass is 10.1. The van der Waals surface area contributed by atoms with E-state index in [0.717, 1.165) is 34.5 Å². The third kappa shape index (κ3) is 1.86. The molecule has 1 heterocycles. The fourth-order valence-electron chi connectivity index (χ4n) is 3.02. The van der Waals surface area contributed by atoms with Crippen molar-refractivity contribution in [3.8, 4) is 0 Å². The highest BCUT2D eigenvalue weighted by molar-refractivity contribution is 6.30. The second kappa shape index (κ2) is 4.53. The van der Waals surface area contributed by atoms with Crippen molar-refractivity contribution in [2.75, 3.05) is 5.32 Å². The van der Waals surface area contributed by atoms with Crippen molar-refractivity contribution in [1.29, 1.82) is 0 Å². The van der Waals surface area contributed by atoms with E-state index in [1.165, 1.54) is 11.1 Å². The minimum absolute atomic E-state index is 0.350. The van der Waals surface area contributed by atoms with Crippen molar-refractivity contribution in [1.82, 2.24) is 10.2 Å². The summed E-state index contributed by atoms with van der Waals surface area (Å²) in [6.45, 7) is 0. The number of hydrogen-bond donors (Lipinski definition) is 2. The summed E-state index contributed by atoms with van der Waals surface area (Å²) in [5, 5.41) is 12.7. The van der Waals surface area contributed by atoms with Gasteiger partial charge in [0, 0.05) is 16.1 Å². The van der Waals surface area contributed by atoms with Crippen LogP contribution in [-0.4, -0.2) is 10.2 Å². The van der Waals surface area contributed by atoms with Crippen LogP contribution in [0.4, 0.5) is 5.69 Å². The summed E-state index contributed by atoms with van der Waals surface area (Å²) >= 11 is 6.06. The third-order valence-corrected chi connectivity index (χ3v) is 4.23. The van der Waals surface area contributed by atoms with E-state index in [1.54, 1.807) is 0 Å². The number of halogens is 1. The predicted molar refractivity (Wildman–Crippen MR) is 82.2 cm³/mol. The first-order valence-corrected chi connectivity index (χ1v) is 7.16. The summed E-state index contributed by atoms with van der Waals surface area (Å²) < 4.78 is 0. The van der Waals surface area contributed by atoms with E-state index in [9.17, 15) is 0 Å². The Balaban J connectivity index is 1.70. The number of H-pyrrole nitrogens is 1. The third-order valence-electron chi connectivity index (χ3n) is 4.00. The average Bonchev–Trinajstić information content (AvgIpc) is 3.06. The Bertz CT molecular complexity index is 778. The predicted octanol–water partition coefficient (Wildman–Crippen LogP) is 4.32. The van der Waals surface area contributed by atoms with Crippen LogP contribution in [0.25, 0.3) is 10.9 Å². The highest BCUT2D eigenvalue weighted by Crippen LogP contribution is 2.36. The fourth-order valence-corrected chi connectivity index (χ4v) is 3.21. The molecule has 3 nitrogen and oxygen atoms in total. The molecule has 20 heavy (non-hydrogen) atoms. The van der Waals surface area contributed by atoms with Crippen molar-refractivity contribution >= 4 is 28.2 Å². The van der Waals surface area contributed by atoms with Gasteiger partial charge < -0.3 is 5.32 Å². The largest absolute Gasteiger partial charge is 0.378 e. The molecular formula is C16H14ClN3. The summed E-state index contributed by atoms with van der Waals surface area (Å²) in [4.78, 5) is 0. The number of hydrogen-bond acceptors (Lipinski definition) is 2. The minimum atomic E-state index is 0.350. The van der Waals surface area contributed by atoms with Crippen LogP contribution < -0.4 is 5.32 Å². The molecule has 0 aliphatic heterocycles.